The van der Waals surface area contributed by atoms with Crippen molar-refractivity contribution in [3.8, 4) is 5.82 Å². The van der Waals surface area contributed by atoms with Gasteiger partial charge in [0.05, 0.1) is 18.3 Å². The van der Waals surface area contributed by atoms with Gasteiger partial charge in [0.1, 0.15) is 18.7 Å². The van der Waals surface area contributed by atoms with Crippen molar-refractivity contribution in [1.82, 2.24) is 19.5 Å². The number of fused-ring (bicyclic) bond motifs is 1. The fourth-order valence-electron chi connectivity index (χ4n) is 2.66. The molecule has 134 valence electrons. The first-order valence-corrected chi connectivity index (χ1v) is 8.68. The van der Waals surface area contributed by atoms with Gasteiger partial charge >= 0.3 is 0 Å². The molecule has 0 fully saturated rings. The van der Waals surface area contributed by atoms with Crippen molar-refractivity contribution in [2.45, 2.75) is 6.92 Å². The summed E-state index contributed by atoms with van der Waals surface area (Å²) in [4.78, 5) is 13.0. The molecule has 7 nitrogen and oxygen atoms in total. The van der Waals surface area contributed by atoms with Crippen LogP contribution in [-0.2, 0) is 7.05 Å². The summed E-state index contributed by atoms with van der Waals surface area (Å²) in [6.07, 6.45) is 9.16. The van der Waals surface area contributed by atoms with Crippen molar-refractivity contribution in [3.05, 3.63) is 72.2 Å². The number of hydrazone groups is 1. The van der Waals surface area contributed by atoms with E-state index in [1.54, 1.807) is 18.3 Å². The number of anilines is 1. The average molecular weight is 379 g/mol. The number of hydrogen-bond donors (Lipinski definition) is 1. The van der Waals surface area contributed by atoms with Gasteiger partial charge in [-0.1, -0.05) is 11.6 Å². The smallest absolute Gasteiger partial charge is 0.250 e. The molecule has 0 amide bonds. The summed E-state index contributed by atoms with van der Waals surface area (Å²) in [6.45, 7) is 1.92. The van der Waals surface area contributed by atoms with Gasteiger partial charge in [-0.3, -0.25) is 5.43 Å². The molecule has 27 heavy (non-hydrogen) atoms. The minimum Gasteiger partial charge on any atom is -0.260 e. The number of benzene rings is 1. The summed E-state index contributed by atoms with van der Waals surface area (Å²) in [5, 5.41) is 5.92. The lowest BCUT2D eigenvalue weighted by molar-refractivity contribution is -0.670. The van der Waals surface area contributed by atoms with Crippen molar-refractivity contribution in [3.63, 3.8) is 0 Å². The molecule has 0 aliphatic carbocycles. The number of rotatable bonds is 4. The maximum absolute atomic E-state index is 6.02. The largest absolute Gasteiger partial charge is 0.260 e. The summed E-state index contributed by atoms with van der Waals surface area (Å²) in [7, 11) is 1.97. The second-order valence-electron chi connectivity index (χ2n) is 6.08. The van der Waals surface area contributed by atoms with Crippen LogP contribution in [0.4, 0.5) is 5.82 Å². The Kier molecular flexibility index (Phi) is 4.52. The first-order chi connectivity index (χ1) is 13.1. The van der Waals surface area contributed by atoms with Crippen LogP contribution in [0.2, 0.25) is 5.02 Å². The summed E-state index contributed by atoms with van der Waals surface area (Å²) in [6, 6.07) is 9.42. The van der Waals surface area contributed by atoms with Gasteiger partial charge in [0.2, 0.25) is 12.1 Å². The van der Waals surface area contributed by atoms with Crippen LogP contribution in [0.15, 0.2) is 66.7 Å². The molecule has 1 N–H and O–H groups in total. The minimum atomic E-state index is 0.625. The Morgan fingerprint density at radius 1 is 1.19 bits per heavy atom. The fraction of sp³-hybridized carbons (Fsp3) is 0.105. The second kappa shape index (κ2) is 7.13. The SMILES string of the molecule is C/C(=N\Nc1ncnc2cc(Cl)ccc12)c1ccc(-n2cc[n+](C)c2)nc1. The predicted molar refractivity (Wildman–Crippen MR) is 105 cm³/mol. The van der Waals surface area contributed by atoms with Gasteiger partial charge in [-0.15, -0.1) is 0 Å². The molecule has 0 saturated heterocycles. The van der Waals surface area contributed by atoms with E-state index in [1.807, 2.05) is 60.0 Å². The van der Waals surface area contributed by atoms with E-state index < -0.39 is 0 Å². The number of aryl methyl sites for hydroxylation is 1. The van der Waals surface area contributed by atoms with Crippen LogP contribution in [0.5, 0.6) is 0 Å². The molecule has 4 rings (SSSR count). The zero-order valence-electron chi connectivity index (χ0n) is 14.8. The highest BCUT2D eigenvalue weighted by atomic mass is 35.5. The summed E-state index contributed by atoms with van der Waals surface area (Å²) in [5.74, 6) is 1.47. The maximum Gasteiger partial charge on any atom is 0.250 e. The van der Waals surface area contributed by atoms with E-state index in [1.165, 1.54) is 6.33 Å². The zero-order chi connectivity index (χ0) is 18.8. The van der Waals surface area contributed by atoms with E-state index in [0.717, 1.165) is 28.0 Å². The van der Waals surface area contributed by atoms with E-state index in [-0.39, 0.29) is 0 Å². The van der Waals surface area contributed by atoms with Crippen LogP contribution in [0.1, 0.15) is 12.5 Å². The number of nitrogens with zero attached hydrogens (tertiary/aromatic N) is 6. The minimum absolute atomic E-state index is 0.625. The van der Waals surface area contributed by atoms with Crippen molar-refractivity contribution in [2.75, 3.05) is 5.43 Å². The predicted octanol–water partition coefficient (Wildman–Crippen LogP) is 3.13. The van der Waals surface area contributed by atoms with Gasteiger partial charge in [-0.05, 0) is 31.2 Å². The van der Waals surface area contributed by atoms with Crippen molar-refractivity contribution < 1.29 is 4.57 Å². The van der Waals surface area contributed by atoms with Gasteiger partial charge in [-0.2, -0.15) is 9.67 Å². The molecule has 8 heteroatoms. The van der Waals surface area contributed by atoms with Crippen LogP contribution in [0, 0.1) is 0 Å². The summed E-state index contributed by atoms with van der Waals surface area (Å²) < 4.78 is 3.91. The fourth-order valence-corrected chi connectivity index (χ4v) is 2.83. The van der Waals surface area contributed by atoms with Gasteiger partial charge < -0.3 is 0 Å². The van der Waals surface area contributed by atoms with E-state index in [9.17, 15) is 0 Å². The standard InChI is InChI=1S/C19H17ClN7/c1-13(14-3-6-18(21-10-14)27-8-7-26(2)12-27)24-25-19-16-5-4-15(20)9-17(16)22-11-23-19/h3-12H,1-2H3,(H,22,23,25)/q+1/b24-13+. The van der Waals surface area contributed by atoms with Crippen LogP contribution in [-0.4, -0.2) is 25.2 Å². The molecule has 0 radical (unpaired) electrons. The molecule has 0 unspecified atom stereocenters. The van der Waals surface area contributed by atoms with Gasteiger partial charge in [0, 0.05) is 28.2 Å². The number of halogens is 1. The number of imidazole rings is 1. The van der Waals surface area contributed by atoms with Crippen molar-refractivity contribution in [2.24, 2.45) is 12.1 Å². The molecule has 4 aromatic rings. The molecule has 0 saturated carbocycles. The Morgan fingerprint density at radius 2 is 2.07 bits per heavy atom. The number of pyridine rings is 1. The van der Waals surface area contributed by atoms with E-state index >= 15 is 0 Å². The van der Waals surface area contributed by atoms with Gasteiger partial charge in [-0.25, -0.2) is 19.5 Å². The molecule has 0 bridgehead atoms. The third-order valence-electron chi connectivity index (χ3n) is 4.13. The molecule has 3 aromatic heterocycles. The van der Waals surface area contributed by atoms with Gasteiger partial charge in [0.15, 0.2) is 5.82 Å². The molecule has 0 spiro atoms. The third-order valence-corrected chi connectivity index (χ3v) is 4.36. The van der Waals surface area contributed by atoms with E-state index in [0.29, 0.717) is 10.8 Å². The highest BCUT2D eigenvalue weighted by Crippen LogP contribution is 2.22. The second-order valence-corrected chi connectivity index (χ2v) is 6.52. The lowest BCUT2D eigenvalue weighted by atomic mass is 10.2. The summed E-state index contributed by atoms with van der Waals surface area (Å²) >= 11 is 6.02. The molecule has 0 aliphatic rings. The Labute approximate surface area is 161 Å². The van der Waals surface area contributed by atoms with Crippen LogP contribution in [0.25, 0.3) is 16.7 Å². The molecular formula is C19H17ClN7+. The van der Waals surface area contributed by atoms with Gasteiger partial charge in [0.25, 0.3) is 0 Å². The van der Waals surface area contributed by atoms with Crippen LogP contribution < -0.4 is 9.99 Å². The Balaban J connectivity index is 1.56. The highest BCUT2D eigenvalue weighted by molar-refractivity contribution is 6.31. The van der Waals surface area contributed by atoms with E-state index in [4.69, 9.17) is 11.6 Å². The lowest BCUT2D eigenvalue weighted by Crippen LogP contribution is -2.23. The molecule has 3 heterocycles. The first kappa shape index (κ1) is 17.1. The maximum atomic E-state index is 6.02. The molecule has 0 aliphatic heterocycles. The van der Waals surface area contributed by atoms with Crippen LogP contribution >= 0.6 is 11.6 Å². The quantitative estimate of drug-likeness (QED) is 0.336. The number of hydrogen-bond acceptors (Lipinski definition) is 5. The zero-order valence-corrected chi connectivity index (χ0v) is 15.6. The number of aromatic nitrogens is 5. The topological polar surface area (TPSA) is 71.9 Å². The lowest BCUT2D eigenvalue weighted by Gasteiger charge is -2.06. The molecular weight excluding hydrogens is 362 g/mol. The Hall–Kier alpha value is -3.32. The molecule has 1 aromatic carbocycles. The average Bonchev–Trinajstić information content (AvgIpc) is 3.12. The monoisotopic (exact) mass is 378 g/mol. The first-order valence-electron chi connectivity index (χ1n) is 8.31. The third kappa shape index (κ3) is 3.63. The summed E-state index contributed by atoms with van der Waals surface area (Å²) in [5.41, 5.74) is 5.49. The Morgan fingerprint density at radius 3 is 2.81 bits per heavy atom. The highest BCUT2D eigenvalue weighted by Gasteiger charge is 2.07. The van der Waals surface area contributed by atoms with Crippen LogP contribution in [0.3, 0.4) is 0 Å². The Bertz CT molecular complexity index is 1130. The van der Waals surface area contributed by atoms with Crippen molar-refractivity contribution in [1.29, 1.82) is 0 Å². The van der Waals surface area contributed by atoms with E-state index in [2.05, 4.69) is 25.5 Å². The number of nitrogens with one attached hydrogen (secondary N) is 1. The molecule has 0 atom stereocenters. The normalized spacial score (nSPS) is 11.7. The van der Waals surface area contributed by atoms with Crippen molar-refractivity contribution >= 4 is 34.0 Å².